The van der Waals surface area contributed by atoms with Gasteiger partial charge in [-0.3, -0.25) is 9.59 Å². The van der Waals surface area contributed by atoms with Crippen molar-refractivity contribution in [2.24, 2.45) is 0 Å². The summed E-state index contributed by atoms with van der Waals surface area (Å²) in [5.74, 6) is -6.04. The van der Waals surface area contributed by atoms with Gasteiger partial charge in [0.05, 0.1) is 5.69 Å². The zero-order valence-electron chi connectivity index (χ0n) is 10.3. The Morgan fingerprint density at radius 2 is 1.33 bits per heavy atom. The Balaban J connectivity index is 2.17. The van der Waals surface area contributed by atoms with Gasteiger partial charge in [0, 0.05) is 18.6 Å². The summed E-state index contributed by atoms with van der Waals surface area (Å²) in [6.45, 7) is 0. The van der Waals surface area contributed by atoms with Gasteiger partial charge < -0.3 is 0 Å². The number of carbonyl (C=O) groups excluding carboxylic acids is 2. The van der Waals surface area contributed by atoms with Crippen LogP contribution in [-0.2, 0) is 16.0 Å². The molecule has 8 heteroatoms. The molecule has 2 rings (SSSR count). The number of hydrogen-bond acceptors (Lipinski definition) is 2. The Hall–Kier alpha value is -2.25. The van der Waals surface area contributed by atoms with Gasteiger partial charge in [-0.2, -0.15) is 22.0 Å². The smallest absolute Gasteiger partial charge is 0.269 e. The topological polar surface area (TPSA) is 37.4 Å². The van der Waals surface area contributed by atoms with Gasteiger partial charge in [-0.15, -0.1) is 0 Å². The van der Waals surface area contributed by atoms with E-state index in [1.807, 2.05) is 0 Å². The maximum absolute atomic E-state index is 12.9. The number of anilines is 1. The van der Waals surface area contributed by atoms with E-state index in [-0.39, 0.29) is 11.3 Å². The molecule has 1 aromatic carbocycles. The lowest BCUT2D eigenvalue weighted by Gasteiger charge is -2.20. The first-order valence-corrected chi connectivity index (χ1v) is 5.71. The number of carbonyl (C=O) groups is 2. The van der Waals surface area contributed by atoms with Crippen LogP contribution in [0.4, 0.5) is 27.6 Å². The minimum atomic E-state index is -5.63. The summed E-state index contributed by atoms with van der Waals surface area (Å²) < 4.78 is 62.0. The van der Waals surface area contributed by atoms with Gasteiger partial charge in [-0.25, -0.2) is 4.90 Å². The van der Waals surface area contributed by atoms with E-state index in [4.69, 9.17) is 0 Å². The van der Waals surface area contributed by atoms with Crippen LogP contribution < -0.4 is 4.90 Å². The summed E-state index contributed by atoms with van der Waals surface area (Å²) in [5, 5.41) is 0. The van der Waals surface area contributed by atoms with Crippen LogP contribution in [0.25, 0.3) is 0 Å². The van der Waals surface area contributed by atoms with Crippen molar-refractivity contribution in [3.63, 3.8) is 0 Å². The van der Waals surface area contributed by atoms with Crippen LogP contribution in [0.15, 0.2) is 36.4 Å². The summed E-state index contributed by atoms with van der Waals surface area (Å²) in [6, 6.07) is 4.33. The minimum absolute atomic E-state index is 0.106. The van der Waals surface area contributed by atoms with Crippen molar-refractivity contribution in [3.8, 4) is 0 Å². The molecule has 21 heavy (non-hydrogen) atoms. The third-order valence-corrected chi connectivity index (χ3v) is 2.84. The lowest BCUT2D eigenvalue weighted by Crippen LogP contribution is -2.38. The monoisotopic (exact) mass is 305 g/mol. The Morgan fingerprint density at radius 3 is 1.76 bits per heavy atom. The molecule has 0 saturated heterocycles. The molecule has 0 fully saturated rings. The molecule has 0 spiro atoms. The number of amides is 2. The summed E-state index contributed by atoms with van der Waals surface area (Å²) in [4.78, 5) is 23.5. The predicted molar refractivity (Wildman–Crippen MR) is 62.8 cm³/mol. The fourth-order valence-electron chi connectivity index (χ4n) is 1.77. The van der Waals surface area contributed by atoms with Crippen LogP contribution in [0, 0.1) is 0 Å². The first-order chi connectivity index (χ1) is 9.62. The van der Waals surface area contributed by atoms with Crippen LogP contribution in [0.1, 0.15) is 5.56 Å². The van der Waals surface area contributed by atoms with Gasteiger partial charge in [0.1, 0.15) is 0 Å². The molecule has 2 amide bonds. The zero-order valence-corrected chi connectivity index (χ0v) is 10.3. The molecule has 1 aromatic rings. The summed E-state index contributed by atoms with van der Waals surface area (Å²) in [7, 11) is 0. The van der Waals surface area contributed by atoms with E-state index in [0.717, 1.165) is 41.3 Å². The number of hydrogen-bond donors (Lipinski definition) is 0. The van der Waals surface area contributed by atoms with Gasteiger partial charge in [-0.05, 0) is 17.7 Å². The molecule has 1 aliphatic rings. The van der Waals surface area contributed by atoms with E-state index in [0.29, 0.717) is 0 Å². The molecule has 0 aliphatic carbocycles. The van der Waals surface area contributed by atoms with E-state index in [1.165, 1.54) is 0 Å². The first kappa shape index (κ1) is 15.1. The number of halogens is 5. The Kier molecular flexibility index (Phi) is 3.56. The van der Waals surface area contributed by atoms with Crippen molar-refractivity contribution >= 4 is 17.5 Å². The fourth-order valence-corrected chi connectivity index (χ4v) is 1.77. The van der Waals surface area contributed by atoms with E-state index >= 15 is 0 Å². The van der Waals surface area contributed by atoms with E-state index in [9.17, 15) is 31.5 Å². The first-order valence-electron chi connectivity index (χ1n) is 5.71. The molecule has 1 heterocycles. The van der Waals surface area contributed by atoms with E-state index in [2.05, 4.69) is 0 Å². The second kappa shape index (κ2) is 4.94. The number of alkyl halides is 5. The van der Waals surface area contributed by atoms with Crippen molar-refractivity contribution in [1.29, 1.82) is 0 Å². The zero-order chi connectivity index (χ0) is 15.8. The average molecular weight is 305 g/mol. The van der Waals surface area contributed by atoms with Crippen LogP contribution in [0.3, 0.4) is 0 Å². The highest BCUT2D eigenvalue weighted by Crippen LogP contribution is 2.38. The van der Waals surface area contributed by atoms with Gasteiger partial charge in [0.2, 0.25) is 0 Å². The summed E-state index contributed by atoms with van der Waals surface area (Å²) in [5.41, 5.74) is -0.151. The Morgan fingerprint density at radius 1 is 0.857 bits per heavy atom. The molecule has 0 saturated carbocycles. The van der Waals surface area contributed by atoms with E-state index in [1.54, 1.807) is 0 Å². The molecule has 0 bridgehead atoms. The van der Waals surface area contributed by atoms with Crippen molar-refractivity contribution < 1.29 is 31.5 Å². The number of benzene rings is 1. The van der Waals surface area contributed by atoms with Gasteiger partial charge in [-0.1, -0.05) is 12.1 Å². The third kappa shape index (κ3) is 2.93. The Bertz CT molecular complexity index is 586. The minimum Gasteiger partial charge on any atom is -0.269 e. The standard InChI is InChI=1S/C13H8F5NO2/c14-12(15,13(16,17)18)7-8-1-3-9(4-2-8)19-10(20)5-6-11(19)21/h1-6H,7H2. The second-order valence-corrected chi connectivity index (χ2v) is 4.39. The highest BCUT2D eigenvalue weighted by molar-refractivity contribution is 6.28. The quantitative estimate of drug-likeness (QED) is 0.636. The molecule has 0 N–H and O–H groups in total. The van der Waals surface area contributed by atoms with Gasteiger partial charge >= 0.3 is 12.1 Å². The molecule has 1 aliphatic heterocycles. The third-order valence-electron chi connectivity index (χ3n) is 2.84. The fraction of sp³-hybridized carbons (Fsp3) is 0.231. The molecule has 3 nitrogen and oxygen atoms in total. The van der Waals surface area contributed by atoms with Crippen LogP contribution in [0.2, 0.25) is 0 Å². The highest BCUT2D eigenvalue weighted by atomic mass is 19.4. The maximum atomic E-state index is 12.9. The predicted octanol–water partition coefficient (Wildman–Crippen LogP) is 2.86. The second-order valence-electron chi connectivity index (χ2n) is 4.39. The van der Waals surface area contributed by atoms with E-state index < -0.39 is 30.3 Å². The van der Waals surface area contributed by atoms with Gasteiger partial charge in [0.25, 0.3) is 11.8 Å². The molecule has 0 unspecified atom stereocenters. The van der Waals surface area contributed by atoms with Crippen molar-refractivity contribution in [2.45, 2.75) is 18.5 Å². The molecule has 0 atom stereocenters. The summed E-state index contributed by atoms with van der Waals surface area (Å²) in [6.07, 6.45) is -5.06. The molecule has 0 radical (unpaired) electrons. The normalized spacial score (nSPS) is 16.0. The number of nitrogens with zero attached hydrogens (tertiary/aromatic N) is 1. The van der Waals surface area contributed by atoms with Crippen molar-refractivity contribution in [2.75, 3.05) is 4.90 Å². The van der Waals surface area contributed by atoms with Crippen LogP contribution in [-0.4, -0.2) is 23.9 Å². The SMILES string of the molecule is O=C1C=CC(=O)N1c1ccc(CC(F)(F)C(F)(F)F)cc1. The van der Waals surface area contributed by atoms with Crippen LogP contribution in [0.5, 0.6) is 0 Å². The number of imide groups is 1. The lowest BCUT2D eigenvalue weighted by molar-refractivity contribution is -0.281. The molecule has 112 valence electrons. The van der Waals surface area contributed by atoms with Crippen molar-refractivity contribution in [1.82, 2.24) is 0 Å². The summed E-state index contributed by atoms with van der Waals surface area (Å²) >= 11 is 0. The van der Waals surface area contributed by atoms with Gasteiger partial charge in [0.15, 0.2) is 0 Å². The molecular formula is C13H8F5NO2. The van der Waals surface area contributed by atoms with Crippen molar-refractivity contribution in [3.05, 3.63) is 42.0 Å². The molecular weight excluding hydrogens is 297 g/mol. The lowest BCUT2D eigenvalue weighted by atomic mass is 10.1. The average Bonchev–Trinajstić information content (AvgIpc) is 2.69. The number of rotatable bonds is 3. The highest BCUT2D eigenvalue weighted by Gasteiger charge is 2.57. The maximum Gasteiger partial charge on any atom is 0.453 e. The largest absolute Gasteiger partial charge is 0.453 e. The Labute approximate surface area is 115 Å². The van der Waals surface area contributed by atoms with Crippen LogP contribution >= 0.6 is 0 Å². The molecule has 0 aromatic heterocycles.